The van der Waals surface area contributed by atoms with Gasteiger partial charge in [-0.15, -0.1) is 0 Å². The van der Waals surface area contributed by atoms with Gasteiger partial charge in [-0.05, 0) is 56.3 Å². The van der Waals surface area contributed by atoms with Gasteiger partial charge in [0.25, 0.3) is 0 Å². The first-order chi connectivity index (χ1) is 10.1. The van der Waals surface area contributed by atoms with Crippen LogP contribution >= 0.6 is 0 Å². The fraction of sp³-hybridized carbons (Fsp3) is 0.625. The fourth-order valence-electron chi connectivity index (χ4n) is 2.08. The lowest BCUT2D eigenvalue weighted by Gasteiger charge is -2.15. The van der Waals surface area contributed by atoms with E-state index in [2.05, 4.69) is 10.1 Å². The van der Waals surface area contributed by atoms with E-state index in [1.807, 2.05) is 6.92 Å². The Balaban J connectivity index is 1.61. The van der Waals surface area contributed by atoms with Crippen LogP contribution in [0.3, 0.4) is 0 Å². The zero-order valence-electron chi connectivity index (χ0n) is 12.4. The van der Waals surface area contributed by atoms with Crippen molar-refractivity contribution in [2.45, 2.75) is 38.8 Å². The number of nitrogens with one attached hydrogen (secondary N) is 1. The van der Waals surface area contributed by atoms with E-state index < -0.39 is 6.61 Å². The third kappa shape index (κ3) is 6.40. The summed E-state index contributed by atoms with van der Waals surface area (Å²) in [7, 11) is 0. The van der Waals surface area contributed by atoms with Gasteiger partial charge >= 0.3 is 6.61 Å². The summed E-state index contributed by atoms with van der Waals surface area (Å²) in [6.07, 6.45) is 3.62. The molecule has 1 aromatic carbocycles. The van der Waals surface area contributed by atoms with Crippen LogP contribution in [0.1, 0.15) is 37.8 Å². The maximum Gasteiger partial charge on any atom is 0.387 e. The molecule has 1 fully saturated rings. The molecule has 1 aliphatic carbocycles. The van der Waals surface area contributed by atoms with E-state index in [1.165, 1.54) is 12.8 Å². The summed E-state index contributed by atoms with van der Waals surface area (Å²) in [5, 5.41) is 3.39. The second-order valence-corrected chi connectivity index (χ2v) is 5.50. The van der Waals surface area contributed by atoms with Gasteiger partial charge in [0, 0.05) is 19.3 Å². The molecule has 1 atom stereocenters. The van der Waals surface area contributed by atoms with Crippen molar-refractivity contribution in [1.82, 2.24) is 5.32 Å². The van der Waals surface area contributed by atoms with E-state index in [0.717, 1.165) is 37.7 Å². The zero-order valence-corrected chi connectivity index (χ0v) is 12.4. The van der Waals surface area contributed by atoms with Gasteiger partial charge in [0.05, 0.1) is 0 Å². The Labute approximate surface area is 124 Å². The number of benzene rings is 1. The Hall–Kier alpha value is -1.20. The van der Waals surface area contributed by atoms with E-state index in [0.29, 0.717) is 0 Å². The molecule has 1 saturated carbocycles. The zero-order chi connectivity index (χ0) is 15.1. The van der Waals surface area contributed by atoms with Gasteiger partial charge in [-0.25, -0.2) is 0 Å². The first-order valence-corrected chi connectivity index (χ1v) is 7.51. The second-order valence-electron chi connectivity index (χ2n) is 5.50. The summed E-state index contributed by atoms with van der Waals surface area (Å²) in [4.78, 5) is 0. The first kappa shape index (κ1) is 16.2. The summed E-state index contributed by atoms with van der Waals surface area (Å²) in [6.45, 7) is 1.84. The number of halogens is 2. The van der Waals surface area contributed by atoms with Gasteiger partial charge in [-0.3, -0.25) is 0 Å². The van der Waals surface area contributed by atoms with Crippen LogP contribution in [0.25, 0.3) is 0 Å². The van der Waals surface area contributed by atoms with Crippen LogP contribution in [-0.4, -0.2) is 26.4 Å². The average Bonchev–Trinajstić information content (AvgIpc) is 3.26. The average molecular weight is 299 g/mol. The highest BCUT2D eigenvalue weighted by Crippen LogP contribution is 2.28. The van der Waals surface area contributed by atoms with Gasteiger partial charge in [-0.2, -0.15) is 8.78 Å². The number of alkyl halides is 2. The molecule has 1 N–H and O–H groups in total. The Morgan fingerprint density at radius 2 is 1.95 bits per heavy atom. The van der Waals surface area contributed by atoms with Gasteiger partial charge in [-0.1, -0.05) is 12.1 Å². The molecule has 21 heavy (non-hydrogen) atoms. The van der Waals surface area contributed by atoms with Crippen LogP contribution in [0.15, 0.2) is 24.3 Å². The molecule has 1 aromatic rings. The molecule has 2 rings (SSSR count). The molecule has 3 nitrogen and oxygen atoms in total. The third-order valence-corrected chi connectivity index (χ3v) is 3.57. The molecule has 1 unspecified atom stereocenters. The van der Waals surface area contributed by atoms with Crippen LogP contribution in [0.5, 0.6) is 5.75 Å². The highest BCUT2D eigenvalue weighted by molar-refractivity contribution is 5.28. The van der Waals surface area contributed by atoms with Gasteiger partial charge < -0.3 is 14.8 Å². The predicted molar refractivity (Wildman–Crippen MR) is 77.7 cm³/mol. The van der Waals surface area contributed by atoms with E-state index in [-0.39, 0.29) is 11.8 Å². The van der Waals surface area contributed by atoms with Gasteiger partial charge in [0.15, 0.2) is 0 Å². The van der Waals surface area contributed by atoms with Gasteiger partial charge in [0.2, 0.25) is 0 Å². The molecule has 5 heteroatoms. The van der Waals surface area contributed by atoms with Crippen LogP contribution < -0.4 is 10.1 Å². The largest absolute Gasteiger partial charge is 0.435 e. The van der Waals surface area contributed by atoms with Crippen LogP contribution in [0.2, 0.25) is 0 Å². The van der Waals surface area contributed by atoms with Crippen molar-refractivity contribution < 1.29 is 18.3 Å². The predicted octanol–water partition coefficient (Wildman–Crippen LogP) is 3.76. The quantitative estimate of drug-likeness (QED) is 0.667. The van der Waals surface area contributed by atoms with Crippen molar-refractivity contribution in [2.75, 3.05) is 19.8 Å². The highest BCUT2D eigenvalue weighted by atomic mass is 19.3. The van der Waals surface area contributed by atoms with Crippen molar-refractivity contribution in [3.8, 4) is 5.75 Å². The number of hydrogen-bond acceptors (Lipinski definition) is 3. The molecule has 0 spiro atoms. The van der Waals surface area contributed by atoms with Crippen LogP contribution in [-0.2, 0) is 4.74 Å². The summed E-state index contributed by atoms with van der Waals surface area (Å²) in [5.74, 6) is 1.00. The van der Waals surface area contributed by atoms with Crippen molar-refractivity contribution in [1.29, 1.82) is 0 Å². The normalized spacial score (nSPS) is 16.2. The summed E-state index contributed by atoms with van der Waals surface area (Å²) < 4.78 is 34.0. The lowest BCUT2D eigenvalue weighted by atomic mass is 10.1. The van der Waals surface area contributed by atoms with Crippen molar-refractivity contribution in [2.24, 2.45) is 5.92 Å². The standard InChI is InChI=1S/C16H23F2NO2/c1-12(19-9-2-10-20-11-13-3-4-13)14-5-7-15(8-6-14)21-16(17)18/h5-8,12-13,16,19H,2-4,9-11H2,1H3. The lowest BCUT2D eigenvalue weighted by molar-refractivity contribution is -0.0498. The summed E-state index contributed by atoms with van der Waals surface area (Å²) >= 11 is 0. The topological polar surface area (TPSA) is 30.5 Å². The smallest absolute Gasteiger partial charge is 0.387 e. The maximum absolute atomic E-state index is 12.1. The van der Waals surface area contributed by atoms with Crippen molar-refractivity contribution in [3.63, 3.8) is 0 Å². The van der Waals surface area contributed by atoms with E-state index in [4.69, 9.17) is 4.74 Å². The van der Waals surface area contributed by atoms with E-state index in [9.17, 15) is 8.78 Å². The Morgan fingerprint density at radius 1 is 1.24 bits per heavy atom. The Bertz CT molecular complexity index is 407. The lowest BCUT2D eigenvalue weighted by Crippen LogP contribution is -2.21. The Kier molecular flexibility index (Phi) is 6.39. The molecule has 0 heterocycles. The first-order valence-electron chi connectivity index (χ1n) is 7.51. The monoisotopic (exact) mass is 299 g/mol. The maximum atomic E-state index is 12.1. The minimum absolute atomic E-state index is 0.175. The minimum Gasteiger partial charge on any atom is -0.435 e. The Morgan fingerprint density at radius 3 is 2.57 bits per heavy atom. The van der Waals surface area contributed by atoms with Crippen molar-refractivity contribution >= 4 is 0 Å². The van der Waals surface area contributed by atoms with Crippen molar-refractivity contribution in [3.05, 3.63) is 29.8 Å². The van der Waals surface area contributed by atoms with E-state index in [1.54, 1.807) is 24.3 Å². The molecule has 1 aliphatic rings. The van der Waals surface area contributed by atoms with Crippen LogP contribution in [0, 0.1) is 5.92 Å². The molecule has 0 bridgehead atoms. The highest BCUT2D eigenvalue weighted by Gasteiger charge is 2.20. The molecule has 0 aromatic heterocycles. The van der Waals surface area contributed by atoms with Crippen LogP contribution in [0.4, 0.5) is 8.78 Å². The molecule has 0 amide bonds. The second kappa shape index (κ2) is 8.29. The number of ether oxygens (including phenoxy) is 2. The summed E-state index contributed by atoms with van der Waals surface area (Å²) in [6, 6.07) is 6.92. The number of hydrogen-bond donors (Lipinski definition) is 1. The molecular formula is C16H23F2NO2. The SMILES string of the molecule is CC(NCCCOCC1CC1)c1ccc(OC(F)F)cc1. The fourth-order valence-corrected chi connectivity index (χ4v) is 2.08. The number of rotatable bonds is 10. The summed E-state index contributed by atoms with van der Waals surface area (Å²) in [5.41, 5.74) is 1.05. The molecule has 0 aliphatic heterocycles. The molecular weight excluding hydrogens is 276 g/mol. The molecule has 118 valence electrons. The molecule has 0 saturated heterocycles. The third-order valence-electron chi connectivity index (χ3n) is 3.57. The minimum atomic E-state index is -2.78. The van der Waals surface area contributed by atoms with Gasteiger partial charge in [0.1, 0.15) is 5.75 Å². The molecule has 0 radical (unpaired) electrons. The van der Waals surface area contributed by atoms with E-state index >= 15 is 0 Å².